The van der Waals surface area contributed by atoms with Crippen LogP contribution in [0.3, 0.4) is 0 Å². The number of pyridine rings is 1. The Balaban J connectivity index is 2.32. The van der Waals surface area contributed by atoms with E-state index >= 15 is 0 Å². The second-order valence-corrected chi connectivity index (χ2v) is 4.29. The van der Waals surface area contributed by atoms with Crippen molar-refractivity contribution < 1.29 is 4.39 Å². The first kappa shape index (κ1) is 12.6. The summed E-state index contributed by atoms with van der Waals surface area (Å²) in [6, 6.07) is 10.6. The molecule has 0 bridgehead atoms. The van der Waals surface area contributed by atoms with Crippen LogP contribution in [0, 0.1) is 12.7 Å². The fourth-order valence-electron chi connectivity index (χ4n) is 1.85. The van der Waals surface area contributed by atoms with Crippen LogP contribution < -0.4 is 5.32 Å². The highest BCUT2D eigenvalue weighted by atomic mass is 19.1. The molecule has 0 saturated carbocycles. The molecule has 18 heavy (non-hydrogen) atoms. The summed E-state index contributed by atoms with van der Waals surface area (Å²) in [6.45, 7) is 4.91. The highest BCUT2D eigenvalue weighted by Gasteiger charge is 2.05. The maximum Gasteiger partial charge on any atom is 0.126 e. The summed E-state index contributed by atoms with van der Waals surface area (Å²) in [5.74, 6) is 0.648. The third-order valence-corrected chi connectivity index (χ3v) is 2.77. The second-order valence-electron chi connectivity index (χ2n) is 4.29. The highest BCUT2D eigenvalue weighted by molar-refractivity contribution is 5.65. The largest absolute Gasteiger partial charge is 0.370 e. The zero-order valence-corrected chi connectivity index (χ0v) is 10.7. The first-order valence-corrected chi connectivity index (χ1v) is 6.18. The molecule has 1 N–H and O–H groups in total. The third kappa shape index (κ3) is 2.86. The summed E-state index contributed by atoms with van der Waals surface area (Å²) < 4.78 is 13.1. The molecule has 0 aliphatic rings. The van der Waals surface area contributed by atoms with E-state index in [2.05, 4.69) is 17.2 Å². The normalized spacial score (nSPS) is 10.4. The number of nitrogens with zero attached hydrogens (tertiary/aromatic N) is 1. The summed E-state index contributed by atoms with van der Waals surface area (Å²) >= 11 is 0. The molecule has 1 aromatic carbocycles. The molecule has 1 heterocycles. The Labute approximate surface area is 107 Å². The molecule has 0 atom stereocenters. The van der Waals surface area contributed by atoms with Gasteiger partial charge < -0.3 is 5.32 Å². The van der Waals surface area contributed by atoms with Crippen LogP contribution in [-0.2, 0) is 0 Å². The van der Waals surface area contributed by atoms with Crippen molar-refractivity contribution in [3.05, 3.63) is 47.8 Å². The maximum absolute atomic E-state index is 13.1. The molecule has 0 unspecified atom stereocenters. The van der Waals surface area contributed by atoms with Crippen LogP contribution >= 0.6 is 0 Å². The van der Waals surface area contributed by atoms with E-state index < -0.39 is 0 Å². The molecule has 0 spiro atoms. The average Bonchev–Trinajstić information content (AvgIpc) is 2.36. The zero-order chi connectivity index (χ0) is 13.0. The van der Waals surface area contributed by atoms with Gasteiger partial charge in [0.15, 0.2) is 0 Å². The smallest absolute Gasteiger partial charge is 0.126 e. The number of hydrogen-bond donors (Lipinski definition) is 1. The van der Waals surface area contributed by atoms with Gasteiger partial charge in [-0.25, -0.2) is 9.37 Å². The van der Waals surface area contributed by atoms with E-state index in [1.54, 1.807) is 6.07 Å². The van der Waals surface area contributed by atoms with Crippen molar-refractivity contribution in [3.63, 3.8) is 0 Å². The molecule has 0 radical (unpaired) electrons. The highest BCUT2D eigenvalue weighted by Crippen LogP contribution is 2.23. The van der Waals surface area contributed by atoms with Crippen molar-refractivity contribution in [1.29, 1.82) is 0 Å². The fraction of sp³-hybridized carbons (Fsp3) is 0.267. The monoisotopic (exact) mass is 244 g/mol. The summed E-state index contributed by atoms with van der Waals surface area (Å²) in [5, 5.41) is 3.25. The minimum atomic E-state index is -0.212. The van der Waals surface area contributed by atoms with Crippen LogP contribution in [0.15, 0.2) is 36.4 Å². The summed E-state index contributed by atoms with van der Waals surface area (Å²) in [4.78, 5) is 4.54. The molecule has 1 aromatic heterocycles. The van der Waals surface area contributed by atoms with Crippen LogP contribution in [0.1, 0.15) is 18.9 Å². The van der Waals surface area contributed by atoms with Crippen molar-refractivity contribution in [2.24, 2.45) is 0 Å². The lowest BCUT2D eigenvalue weighted by atomic mass is 10.1. The number of nitrogens with one attached hydrogen (secondary N) is 1. The SMILES string of the molecule is CCCNc1cccc(-c2ccc(F)cc2C)n1. The molecule has 0 saturated heterocycles. The molecule has 3 heteroatoms. The minimum Gasteiger partial charge on any atom is -0.370 e. The Bertz CT molecular complexity index is 538. The predicted octanol–water partition coefficient (Wildman–Crippen LogP) is 4.02. The van der Waals surface area contributed by atoms with Gasteiger partial charge in [-0.05, 0) is 49.2 Å². The van der Waals surface area contributed by atoms with Gasteiger partial charge in [-0.15, -0.1) is 0 Å². The van der Waals surface area contributed by atoms with Gasteiger partial charge in [0.25, 0.3) is 0 Å². The van der Waals surface area contributed by atoms with Crippen molar-refractivity contribution in [2.75, 3.05) is 11.9 Å². The van der Waals surface area contributed by atoms with Gasteiger partial charge in [-0.3, -0.25) is 0 Å². The van der Waals surface area contributed by atoms with Crippen molar-refractivity contribution in [3.8, 4) is 11.3 Å². The predicted molar refractivity (Wildman–Crippen MR) is 73.1 cm³/mol. The van der Waals surface area contributed by atoms with E-state index in [1.807, 2.05) is 25.1 Å². The number of aryl methyl sites for hydroxylation is 1. The fourth-order valence-corrected chi connectivity index (χ4v) is 1.85. The van der Waals surface area contributed by atoms with Crippen LogP contribution in [0.5, 0.6) is 0 Å². The van der Waals surface area contributed by atoms with Gasteiger partial charge in [0.1, 0.15) is 11.6 Å². The summed E-state index contributed by atoms with van der Waals surface area (Å²) in [5.41, 5.74) is 2.74. The zero-order valence-electron chi connectivity index (χ0n) is 10.7. The Kier molecular flexibility index (Phi) is 3.92. The minimum absolute atomic E-state index is 0.212. The molecule has 0 fully saturated rings. The van der Waals surface area contributed by atoms with Gasteiger partial charge in [0.05, 0.1) is 5.69 Å². The summed E-state index contributed by atoms with van der Waals surface area (Å²) in [6.07, 6.45) is 1.06. The number of aromatic nitrogens is 1. The van der Waals surface area contributed by atoms with E-state index in [0.717, 1.165) is 35.6 Å². The molecule has 0 aliphatic carbocycles. The number of halogens is 1. The lowest BCUT2D eigenvalue weighted by Crippen LogP contribution is -2.02. The number of rotatable bonds is 4. The Morgan fingerprint density at radius 3 is 2.78 bits per heavy atom. The van der Waals surface area contributed by atoms with E-state index in [1.165, 1.54) is 12.1 Å². The molecule has 2 aromatic rings. The maximum atomic E-state index is 13.1. The van der Waals surface area contributed by atoms with Gasteiger partial charge in [0.2, 0.25) is 0 Å². The molecule has 0 aliphatic heterocycles. The van der Waals surface area contributed by atoms with Crippen molar-refractivity contribution >= 4 is 5.82 Å². The van der Waals surface area contributed by atoms with E-state index in [4.69, 9.17) is 0 Å². The van der Waals surface area contributed by atoms with Gasteiger partial charge in [-0.1, -0.05) is 13.0 Å². The lowest BCUT2D eigenvalue weighted by molar-refractivity contribution is 0.627. The van der Waals surface area contributed by atoms with Crippen LogP contribution in [0.4, 0.5) is 10.2 Å². The van der Waals surface area contributed by atoms with Gasteiger partial charge in [0, 0.05) is 12.1 Å². The first-order valence-electron chi connectivity index (χ1n) is 6.18. The molecule has 2 rings (SSSR count). The molecular weight excluding hydrogens is 227 g/mol. The molecule has 0 amide bonds. The van der Waals surface area contributed by atoms with Crippen molar-refractivity contribution in [1.82, 2.24) is 4.98 Å². The van der Waals surface area contributed by atoms with Gasteiger partial charge in [-0.2, -0.15) is 0 Å². The van der Waals surface area contributed by atoms with E-state index in [-0.39, 0.29) is 5.82 Å². The quantitative estimate of drug-likeness (QED) is 0.878. The lowest BCUT2D eigenvalue weighted by Gasteiger charge is -2.08. The van der Waals surface area contributed by atoms with Gasteiger partial charge >= 0.3 is 0 Å². The molecule has 2 nitrogen and oxygen atoms in total. The van der Waals surface area contributed by atoms with E-state index in [9.17, 15) is 4.39 Å². The van der Waals surface area contributed by atoms with E-state index in [0.29, 0.717) is 0 Å². The molecular formula is C15H17FN2. The standard InChI is InChI=1S/C15H17FN2/c1-3-9-17-15-6-4-5-14(18-15)13-8-7-12(16)10-11(13)2/h4-8,10H,3,9H2,1-2H3,(H,17,18). The number of anilines is 1. The Morgan fingerprint density at radius 1 is 1.22 bits per heavy atom. The number of hydrogen-bond acceptors (Lipinski definition) is 2. The Hall–Kier alpha value is -1.90. The number of benzene rings is 1. The van der Waals surface area contributed by atoms with Crippen molar-refractivity contribution in [2.45, 2.75) is 20.3 Å². The topological polar surface area (TPSA) is 24.9 Å². The van der Waals surface area contributed by atoms with Crippen LogP contribution in [0.25, 0.3) is 11.3 Å². The van der Waals surface area contributed by atoms with Crippen LogP contribution in [-0.4, -0.2) is 11.5 Å². The first-order chi connectivity index (χ1) is 8.70. The molecule has 94 valence electrons. The second kappa shape index (κ2) is 5.63. The Morgan fingerprint density at radius 2 is 2.06 bits per heavy atom. The average molecular weight is 244 g/mol. The van der Waals surface area contributed by atoms with Crippen LogP contribution in [0.2, 0.25) is 0 Å². The third-order valence-electron chi connectivity index (χ3n) is 2.77. The summed E-state index contributed by atoms with van der Waals surface area (Å²) in [7, 11) is 0.